The Bertz CT molecular complexity index is 687. The van der Waals surface area contributed by atoms with Crippen LogP contribution in [0.1, 0.15) is 5.56 Å². The lowest BCUT2D eigenvalue weighted by Crippen LogP contribution is -2.33. The van der Waals surface area contributed by atoms with Crippen LogP contribution in [-0.4, -0.2) is 47.8 Å². The maximum atomic E-state index is 12.0. The maximum absolute atomic E-state index is 12.0. The molecule has 0 spiro atoms. The summed E-state index contributed by atoms with van der Waals surface area (Å²) in [7, 11) is 3.83. The van der Waals surface area contributed by atoms with Gasteiger partial charge in [0, 0.05) is 18.6 Å². The van der Waals surface area contributed by atoms with Gasteiger partial charge in [-0.3, -0.25) is 19.3 Å². The van der Waals surface area contributed by atoms with Gasteiger partial charge in [0.15, 0.2) is 0 Å². The van der Waals surface area contributed by atoms with Gasteiger partial charge in [0.25, 0.3) is 11.1 Å². The summed E-state index contributed by atoms with van der Waals surface area (Å²) in [5.74, 6) is -1.80. The lowest BCUT2D eigenvalue weighted by molar-refractivity contribution is -0.140. The Morgan fingerprint density at radius 1 is 1.41 bits per heavy atom. The highest BCUT2D eigenvalue weighted by molar-refractivity contribution is 9.10. The summed E-state index contributed by atoms with van der Waals surface area (Å²) in [6, 6.07) is 5.54. The maximum Gasteiger partial charge on any atom is 0.323 e. The number of benzene rings is 1. The Labute approximate surface area is 139 Å². The summed E-state index contributed by atoms with van der Waals surface area (Å²) >= 11 is 4.20. The molecule has 22 heavy (non-hydrogen) atoms. The predicted molar refractivity (Wildman–Crippen MR) is 88.8 cm³/mol. The van der Waals surface area contributed by atoms with Crippen LogP contribution in [0.25, 0.3) is 6.08 Å². The molecule has 0 atom stereocenters. The fraction of sp³-hybridized carbons (Fsp3) is 0.214. The first-order chi connectivity index (χ1) is 10.3. The largest absolute Gasteiger partial charge is 0.480 e. The minimum Gasteiger partial charge on any atom is -0.480 e. The Kier molecular flexibility index (Phi) is 4.92. The molecule has 2 rings (SSSR count). The standard InChI is InChI=1S/C14H13BrN2O4S/c1-16(2)10-4-3-8(5-9(10)15)6-11-13(20)17(7-12(18)19)14(21)22-11/h3-6H,7H2,1-2H3,(H,18,19)/b11-6+. The molecule has 116 valence electrons. The second kappa shape index (κ2) is 6.53. The Hall–Kier alpha value is -1.80. The van der Waals surface area contributed by atoms with Crippen molar-refractivity contribution in [2.24, 2.45) is 0 Å². The van der Waals surface area contributed by atoms with Crippen molar-refractivity contribution < 1.29 is 19.5 Å². The molecule has 1 aliphatic heterocycles. The molecule has 1 aromatic rings. The van der Waals surface area contributed by atoms with Gasteiger partial charge in [-0.15, -0.1) is 0 Å². The molecule has 1 N–H and O–H groups in total. The van der Waals surface area contributed by atoms with Crippen LogP contribution in [-0.2, 0) is 9.59 Å². The highest BCUT2D eigenvalue weighted by atomic mass is 79.9. The van der Waals surface area contributed by atoms with Crippen molar-refractivity contribution in [3.05, 3.63) is 33.1 Å². The van der Waals surface area contributed by atoms with E-state index in [1.807, 2.05) is 37.2 Å². The van der Waals surface area contributed by atoms with Crippen LogP contribution < -0.4 is 4.90 Å². The molecule has 8 heteroatoms. The zero-order valence-corrected chi connectivity index (χ0v) is 14.3. The average molecular weight is 385 g/mol. The zero-order chi connectivity index (χ0) is 16.4. The lowest BCUT2D eigenvalue weighted by Gasteiger charge is -2.14. The Balaban J connectivity index is 2.27. The van der Waals surface area contributed by atoms with E-state index in [1.165, 1.54) is 0 Å². The van der Waals surface area contributed by atoms with Gasteiger partial charge in [-0.2, -0.15) is 0 Å². The zero-order valence-electron chi connectivity index (χ0n) is 11.9. The van der Waals surface area contributed by atoms with E-state index < -0.39 is 23.7 Å². The van der Waals surface area contributed by atoms with Crippen LogP contribution in [0.3, 0.4) is 0 Å². The topological polar surface area (TPSA) is 77.9 Å². The van der Waals surface area contributed by atoms with E-state index in [0.29, 0.717) is 0 Å². The van der Waals surface area contributed by atoms with E-state index in [-0.39, 0.29) is 4.91 Å². The van der Waals surface area contributed by atoms with E-state index in [1.54, 1.807) is 6.08 Å². The molecule has 0 unspecified atom stereocenters. The third-order valence-electron chi connectivity index (χ3n) is 2.92. The summed E-state index contributed by atoms with van der Waals surface area (Å²) in [5.41, 5.74) is 1.73. The van der Waals surface area contributed by atoms with Crippen LogP contribution in [0.5, 0.6) is 0 Å². The predicted octanol–water partition coefficient (Wildman–Crippen LogP) is 2.64. The summed E-state index contributed by atoms with van der Waals surface area (Å²) in [6.45, 7) is -0.620. The van der Waals surface area contributed by atoms with Crippen LogP contribution in [0, 0.1) is 0 Å². The van der Waals surface area contributed by atoms with Crippen molar-refractivity contribution in [2.75, 3.05) is 25.5 Å². The molecule has 0 aliphatic carbocycles. The van der Waals surface area contributed by atoms with Crippen molar-refractivity contribution in [3.63, 3.8) is 0 Å². The number of halogens is 1. The monoisotopic (exact) mass is 384 g/mol. The number of amides is 2. The number of carbonyl (C=O) groups is 3. The van der Waals surface area contributed by atoms with E-state index in [4.69, 9.17) is 5.11 Å². The number of aliphatic carboxylic acids is 1. The third kappa shape index (κ3) is 3.50. The van der Waals surface area contributed by atoms with Crippen LogP contribution in [0.4, 0.5) is 10.5 Å². The smallest absolute Gasteiger partial charge is 0.323 e. The molecule has 1 fully saturated rings. The van der Waals surface area contributed by atoms with Crippen molar-refractivity contribution in [3.8, 4) is 0 Å². The quantitative estimate of drug-likeness (QED) is 0.803. The number of hydrogen-bond donors (Lipinski definition) is 1. The molecular formula is C14H13BrN2O4S. The molecule has 1 aliphatic rings. The molecule has 0 saturated carbocycles. The van der Waals surface area contributed by atoms with Crippen LogP contribution in [0.2, 0.25) is 0 Å². The van der Waals surface area contributed by atoms with E-state index in [9.17, 15) is 14.4 Å². The number of hydrogen-bond acceptors (Lipinski definition) is 5. The van der Waals surface area contributed by atoms with E-state index >= 15 is 0 Å². The molecule has 1 heterocycles. The first-order valence-electron chi connectivity index (χ1n) is 6.23. The fourth-order valence-electron chi connectivity index (χ4n) is 1.90. The number of thioether (sulfide) groups is 1. The highest BCUT2D eigenvalue weighted by Crippen LogP contribution is 2.33. The average Bonchev–Trinajstić information content (AvgIpc) is 2.66. The molecule has 0 bridgehead atoms. The van der Waals surface area contributed by atoms with Gasteiger partial charge in [-0.05, 0) is 51.5 Å². The minimum atomic E-state index is -1.22. The summed E-state index contributed by atoms with van der Waals surface area (Å²) in [4.78, 5) is 37.3. The number of carboxylic acids is 1. The number of carboxylic acid groups (broad SMARTS) is 1. The number of imide groups is 1. The summed E-state index contributed by atoms with van der Waals surface area (Å²) in [5, 5.41) is 8.15. The third-order valence-corrected chi connectivity index (χ3v) is 4.46. The second-order valence-electron chi connectivity index (χ2n) is 4.77. The van der Waals surface area contributed by atoms with Gasteiger partial charge >= 0.3 is 5.97 Å². The van der Waals surface area contributed by atoms with E-state index in [2.05, 4.69) is 15.9 Å². The molecule has 0 aromatic heterocycles. The first kappa shape index (κ1) is 16.6. The number of carbonyl (C=O) groups excluding carboxylic acids is 2. The van der Waals surface area contributed by atoms with Gasteiger partial charge in [0.05, 0.1) is 10.6 Å². The normalized spacial score (nSPS) is 16.5. The molecule has 6 nitrogen and oxygen atoms in total. The van der Waals surface area contributed by atoms with E-state index in [0.717, 1.165) is 32.4 Å². The second-order valence-corrected chi connectivity index (χ2v) is 6.61. The number of nitrogens with zero attached hydrogens (tertiary/aromatic N) is 2. The highest BCUT2D eigenvalue weighted by Gasteiger charge is 2.36. The Morgan fingerprint density at radius 3 is 2.64 bits per heavy atom. The van der Waals surface area contributed by atoms with Gasteiger partial charge < -0.3 is 10.0 Å². The number of anilines is 1. The minimum absolute atomic E-state index is 0.218. The van der Waals surface area contributed by atoms with Gasteiger partial charge in [-0.1, -0.05) is 6.07 Å². The lowest BCUT2D eigenvalue weighted by atomic mass is 10.2. The van der Waals surface area contributed by atoms with Crippen molar-refractivity contribution >= 4 is 56.6 Å². The summed E-state index contributed by atoms with van der Waals surface area (Å²) < 4.78 is 0.857. The molecule has 0 radical (unpaired) electrons. The Morgan fingerprint density at radius 2 is 2.09 bits per heavy atom. The molecule has 1 saturated heterocycles. The van der Waals surface area contributed by atoms with Crippen molar-refractivity contribution in [1.29, 1.82) is 0 Å². The molecular weight excluding hydrogens is 372 g/mol. The number of rotatable bonds is 4. The molecule has 2 amide bonds. The van der Waals surface area contributed by atoms with Gasteiger partial charge in [0.1, 0.15) is 6.54 Å². The van der Waals surface area contributed by atoms with Gasteiger partial charge in [-0.25, -0.2) is 0 Å². The first-order valence-corrected chi connectivity index (χ1v) is 7.84. The van der Waals surface area contributed by atoms with Gasteiger partial charge in [0.2, 0.25) is 0 Å². The molecule has 1 aromatic carbocycles. The van der Waals surface area contributed by atoms with Crippen molar-refractivity contribution in [2.45, 2.75) is 0 Å². The van der Waals surface area contributed by atoms with Crippen molar-refractivity contribution in [1.82, 2.24) is 4.90 Å². The van der Waals surface area contributed by atoms with Crippen LogP contribution >= 0.6 is 27.7 Å². The van der Waals surface area contributed by atoms with Crippen LogP contribution in [0.15, 0.2) is 27.6 Å². The SMILES string of the molecule is CN(C)c1ccc(/C=C2/SC(=O)N(CC(=O)O)C2=O)cc1Br. The fourth-order valence-corrected chi connectivity index (χ4v) is 3.49. The summed E-state index contributed by atoms with van der Waals surface area (Å²) in [6.07, 6.45) is 1.58.